The number of aromatic nitrogens is 3. The average Bonchev–Trinajstić information content (AvgIpc) is 3.30. The Balaban J connectivity index is 1.52. The van der Waals surface area contributed by atoms with Gasteiger partial charge in [0.15, 0.2) is 5.82 Å². The summed E-state index contributed by atoms with van der Waals surface area (Å²) < 4.78 is 16.5. The lowest BCUT2D eigenvalue weighted by Crippen LogP contribution is -2.30. The van der Waals surface area contributed by atoms with Gasteiger partial charge in [-0.05, 0) is 86.5 Å². The van der Waals surface area contributed by atoms with Gasteiger partial charge in [-0.25, -0.2) is 9.18 Å². The molecule has 0 aliphatic rings. The van der Waals surface area contributed by atoms with Crippen molar-refractivity contribution >= 4 is 22.6 Å². The van der Waals surface area contributed by atoms with Crippen LogP contribution in [0.1, 0.15) is 51.2 Å². The minimum Gasteiger partial charge on any atom is -0.339 e. The van der Waals surface area contributed by atoms with Crippen LogP contribution in [0.4, 0.5) is 4.39 Å². The number of aryl methyl sites for hydroxylation is 1. The largest absolute Gasteiger partial charge is 0.354 e. The van der Waals surface area contributed by atoms with E-state index in [2.05, 4.69) is 29.1 Å². The lowest BCUT2D eigenvalue weighted by atomic mass is 10.0. The molecule has 2 atom stereocenters. The fourth-order valence-corrected chi connectivity index (χ4v) is 4.79. The maximum Gasteiger partial charge on any atom is 0.354 e. The second kappa shape index (κ2) is 12.9. The number of halogens is 2. The van der Waals surface area contributed by atoms with E-state index in [9.17, 15) is 4.79 Å². The number of nitrogens with zero attached hydrogens (tertiary/aromatic N) is 2. The van der Waals surface area contributed by atoms with Crippen molar-refractivity contribution in [1.82, 2.24) is 19.9 Å². The minimum atomic E-state index is -0.509. The van der Waals surface area contributed by atoms with Crippen LogP contribution in [0.15, 0.2) is 53.5 Å². The number of hydrogen-bond donors (Lipinski definition) is 4. The zero-order valence-corrected chi connectivity index (χ0v) is 23.6. The minimum absolute atomic E-state index is 0.0619. The molecule has 0 aliphatic heterocycles. The Morgan fingerprint density at radius 3 is 2.51 bits per heavy atom. The Hall–Kier alpha value is -3.04. The standard InChI is InChI=1S/C30H38ClFN6O/c1-18(2)26(34)11-12-35-16-20-7-9-23(10-8-20)38-17-22-15-27(36-29(22)37-30(38)39)24-13-21(6-4-5-19(3)33)14-25(31)28(24)32/h7-10,13-15,17-19,26,35H,4-6,11-12,16,33-34H2,1-3H3,(H,36,37,39)/t19-,26-/m0/s1. The maximum atomic E-state index is 15.0. The van der Waals surface area contributed by atoms with E-state index in [0.29, 0.717) is 33.9 Å². The number of aromatic amines is 1. The van der Waals surface area contributed by atoms with Gasteiger partial charge in [-0.3, -0.25) is 4.57 Å². The van der Waals surface area contributed by atoms with Crippen LogP contribution in [-0.4, -0.2) is 33.2 Å². The lowest BCUT2D eigenvalue weighted by molar-refractivity contribution is 0.449. The highest BCUT2D eigenvalue weighted by molar-refractivity contribution is 6.31. The molecular weight excluding hydrogens is 515 g/mol. The molecule has 2 heterocycles. The van der Waals surface area contributed by atoms with E-state index in [4.69, 9.17) is 23.1 Å². The third-order valence-corrected chi connectivity index (χ3v) is 7.34. The van der Waals surface area contributed by atoms with Crippen molar-refractivity contribution in [2.24, 2.45) is 17.4 Å². The summed E-state index contributed by atoms with van der Waals surface area (Å²) >= 11 is 6.23. The summed E-state index contributed by atoms with van der Waals surface area (Å²) in [5, 5.41) is 4.17. The third kappa shape index (κ3) is 7.33. The number of nitrogens with two attached hydrogens (primary N) is 2. The molecule has 2 aromatic carbocycles. The van der Waals surface area contributed by atoms with Crippen LogP contribution in [0.25, 0.3) is 28.0 Å². The summed E-state index contributed by atoms with van der Waals surface area (Å²) in [6.45, 7) is 7.79. The summed E-state index contributed by atoms with van der Waals surface area (Å²) in [7, 11) is 0. The van der Waals surface area contributed by atoms with Crippen LogP contribution in [0.5, 0.6) is 0 Å². The van der Waals surface area contributed by atoms with Gasteiger partial charge in [0, 0.05) is 35.8 Å². The Labute approximate surface area is 233 Å². The maximum absolute atomic E-state index is 15.0. The molecule has 0 saturated carbocycles. The van der Waals surface area contributed by atoms with Gasteiger partial charge in [-0.1, -0.05) is 37.6 Å². The SMILES string of the molecule is CC(C)[C@@H](N)CCNCc1ccc(-n2cc3cc(-c4cc(CCC[C@H](C)N)cc(Cl)c4F)[nH]c3nc2=O)cc1. The van der Waals surface area contributed by atoms with Crippen molar-refractivity contribution in [2.75, 3.05) is 6.54 Å². The van der Waals surface area contributed by atoms with Crippen molar-refractivity contribution < 1.29 is 4.39 Å². The van der Waals surface area contributed by atoms with Crippen LogP contribution in [0.2, 0.25) is 5.02 Å². The number of nitrogens with one attached hydrogen (secondary N) is 2. The summed E-state index contributed by atoms with van der Waals surface area (Å²) in [6.07, 6.45) is 5.14. The zero-order valence-electron chi connectivity index (χ0n) is 22.8. The predicted octanol–water partition coefficient (Wildman–Crippen LogP) is 5.31. The Bertz CT molecular complexity index is 1460. The number of H-pyrrole nitrogens is 1. The summed E-state index contributed by atoms with van der Waals surface area (Å²) in [5.41, 5.74) is 15.5. The molecule has 9 heteroatoms. The first kappa shape index (κ1) is 29.0. The van der Waals surface area contributed by atoms with Crippen LogP contribution >= 0.6 is 11.6 Å². The van der Waals surface area contributed by atoms with Gasteiger partial charge in [0.1, 0.15) is 5.65 Å². The quantitative estimate of drug-likeness (QED) is 0.178. The third-order valence-electron chi connectivity index (χ3n) is 7.07. The van der Waals surface area contributed by atoms with Gasteiger partial charge in [-0.2, -0.15) is 4.98 Å². The molecule has 0 saturated heterocycles. The number of fused-ring (bicyclic) bond motifs is 1. The Morgan fingerprint density at radius 1 is 1.08 bits per heavy atom. The molecule has 0 bridgehead atoms. The molecule has 0 aliphatic carbocycles. The molecule has 7 nitrogen and oxygen atoms in total. The first-order chi connectivity index (χ1) is 18.6. The van der Waals surface area contributed by atoms with Crippen molar-refractivity contribution in [3.63, 3.8) is 0 Å². The molecule has 4 rings (SSSR count). The fraction of sp³-hybridized carbons (Fsp3) is 0.400. The average molecular weight is 553 g/mol. The topological polar surface area (TPSA) is 115 Å². The molecule has 2 aromatic heterocycles. The molecule has 0 radical (unpaired) electrons. The van der Waals surface area contributed by atoms with E-state index in [1.807, 2.05) is 31.2 Å². The molecule has 208 valence electrons. The molecule has 0 amide bonds. The normalized spacial score (nSPS) is 13.3. The molecule has 6 N–H and O–H groups in total. The Morgan fingerprint density at radius 2 is 1.82 bits per heavy atom. The second-order valence-corrected chi connectivity index (χ2v) is 11.1. The second-order valence-electron chi connectivity index (χ2n) is 10.7. The Kier molecular flexibility index (Phi) is 9.56. The van der Waals surface area contributed by atoms with Gasteiger partial charge < -0.3 is 21.8 Å². The van der Waals surface area contributed by atoms with Gasteiger partial charge in [0.25, 0.3) is 0 Å². The first-order valence-corrected chi connectivity index (χ1v) is 13.9. The van der Waals surface area contributed by atoms with Crippen LogP contribution in [-0.2, 0) is 13.0 Å². The van der Waals surface area contributed by atoms with E-state index >= 15 is 4.39 Å². The molecule has 0 unspecified atom stereocenters. The van der Waals surface area contributed by atoms with Gasteiger partial charge in [0.05, 0.1) is 16.4 Å². The molecule has 39 heavy (non-hydrogen) atoms. The summed E-state index contributed by atoms with van der Waals surface area (Å²) in [6, 6.07) is 13.3. The smallest absolute Gasteiger partial charge is 0.339 e. The van der Waals surface area contributed by atoms with Gasteiger partial charge in [-0.15, -0.1) is 0 Å². The van der Waals surface area contributed by atoms with E-state index in [1.54, 1.807) is 24.4 Å². The summed E-state index contributed by atoms with van der Waals surface area (Å²) in [4.78, 5) is 20.2. The zero-order chi connectivity index (χ0) is 28.1. The monoisotopic (exact) mass is 552 g/mol. The molecule has 4 aromatic rings. The van der Waals surface area contributed by atoms with Crippen molar-refractivity contribution in [3.8, 4) is 16.9 Å². The highest BCUT2D eigenvalue weighted by atomic mass is 35.5. The number of hydrogen-bond acceptors (Lipinski definition) is 5. The molecule has 0 fully saturated rings. The number of benzene rings is 2. The molecule has 0 spiro atoms. The number of rotatable bonds is 12. The van der Waals surface area contributed by atoms with Crippen LogP contribution in [0.3, 0.4) is 0 Å². The van der Waals surface area contributed by atoms with Crippen molar-refractivity contribution in [1.29, 1.82) is 0 Å². The highest BCUT2D eigenvalue weighted by Gasteiger charge is 2.16. The predicted molar refractivity (Wildman–Crippen MR) is 158 cm³/mol. The van der Waals surface area contributed by atoms with E-state index in [0.717, 1.165) is 49.9 Å². The molecular formula is C30H38ClFN6O. The first-order valence-electron chi connectivity index (χ1n) is 13.5. The van der Waals surface area contributed by atoms with E-state index in [-0.39, 0.29) is 17.1 Å². The van der Waals surface area contributed by atoms with Crippen molar-refractivity contribution in [2.45, 2.75) is 65.1 Å². The van der Waals surface area contributed by atoms with Crippen molar-refractivity contribution in [3.05, 3.63) is 81.1 Å². The highest BCUT2D eigenvalue weighted by Crippen LogP contribution is 2.31. The van der Waals surface area contributed by atoms with Crippen LogP contribution in [0, 0.1) is 11.7 Å². The fourth-order valence-electron chi connectivity index (χ4n) is 4.55. The van der Waals surface area contributed by atoms with Gasteiger partial charge >= 0.3 is 5.69 Å². The van der Waals surface area contributed by atoms with Crippen LogP contribution < -0.4 is 22.5 Å². The summed E-state index contributed by atoms with van der Waals surface area (Å²) in [5.74, 6) is -0.0475. The van der Waals surface area contributed by atoms with E-state index < -0.39 is 11.5 Å². The lowest BCUT2D eigenvalue weighted by Gasteiger charge is -2.15. The van der Waals surface area contributed by atoms with Gasteiger partial charge in [0.2, 0.25) is 0 Å². The van der Waals surface area contributed by atoms with E-state index in [1.165, 1.54) is 4.57 Å².